The van der Waals surface area contributed by atoms with Crippen LogP contribution in [0.1, 0.15) is 32.0 Å². The van der Waals surface area contributed by atoms with E-state index in [2.05, 4.69) is 67.2 Å². The summed E-state index contributed by atoms with van der Waals surface area (Å²) in [5.74, 6) is 0.847. The lowest BCUT2D eigenvalue weighted by molar-refractivity contribution is 0.421. The van der Waals surface area contributed by atoms with Crippen LogP contribution in [0.4, 0.5) is 11.5 Å². The molecule has 2 aromatic rings. The quantitative estimate of drug-likeness (QED) is 0.933. The highest BCUT2D eigenvalue weighted by Gasteiger charge is 2.10. The Morgan fingerprint density at radius 1 is 1.14 bits per heavy atom. The first-order valence-corrected chi connectivity index (χ1v) is 7.21. The fourth-order valence-corrected chi connectivity index (χ4v) is 1.94. The van der Waals surface area contributed by atoms with Crippen molar-refractivity contribution in [2.75, 3.05) is 11.9 Å². The summed E-state index contributed by atoms with van der Waals surface area (Å²) in [4.78, 5) is 11.0. The summed E-state index contributed by atoms with van der Waals surface area (Å²) >= 11 is 0. The number of hydrogen-bond acceptors (Lipinski definition) is 4. The van der Waals surface area contributed by atoms with E-state index in [4.69, 9.17) is 0 Å². The van der Waals surface area contributed by atoms with Crippen molar-refractivity contribution >= 4 is 11.5 Å². The normalized spacial score (nSPS) is 11.5. The number of nitrogens with one attached hydrogen (secondary N) is 1. The van der Waals surface area contributed by atoms with Crippen molar-refractivity contribution in [3.05, 3.63) is 47.9 Å². The first kappa shape index (κ1) is 15.4. The van der Waals surface area contributed by atoms with Crippen LogP contribution in [0.25, 0.3) is 0 Å². The molecular weight excluding hydrogens is 260 g/mol. The predicted molar refractivity (Wildman–Crippen MR) is 87.9 cm³/mol. The molecule has 0 bridgehead atoms. The number of aromatic nitrogens is 2. The highest BCUT2D eigenvalue weighted by Crippen LogP contribution is 2.21. The van der Waals surface area contributed by atoms with Crippen molar-refractivity contribution in [2.24, 2.45) is 0 Å². The summed E-state index contributed by atoms with van der Waals surface area (Å²) in [5, 5.41) is 3.41. The van der Waals surface area contributed by atoms with Crippen LogP contribution >= 0.6 is 0 Å². The van der Waals surface area contributed by atoms with Crippen LogP contribution in [-0.2, 0) is 6.54 Å². The molecule has 0 aliphatic carbocycles. The van der Waals surface area contributed by atoms with Crippen molar-refractivity contribution in [3.63, 3.8) is 0 Å². The van der Waals surface area contributed by atoms with Gasteiger partial charge in [-0.25, -0.2) is 4.98 Å². The van der Waals surface area contributed by atoms with Crippen LogP contribution in [0.15, 0.2) is 36.7 Å². The minimum absolute atomic E-state index is 0.0821. The molecule has 0 aliphatic heterocycles. The number of hydrogen-bond donors (Lipinski definition) is 1. The van der Waals surface area contributed by atoms with E-state index in [0.717, 1.165) is 23.7 Å². The molecule has 0 unspecified atom stereocenters. The molecule has 0 amide bonds. The zero-order chi connectivity index (χ0) is 15.5. The number of nitrogens with zero attached hydrogens (tertiary/aromatic N) is 3. The van der Waals surface area contributed by atoms with E-state index < -0.39 is 0 Å². The average Bonchev–Trinajstić information content (AvgIpc) is 2.44. The lowest BCUT2D eigenvalue weighted by atomic mass is 10.1. The van der Waals surface area contributed by atoms with Gasteiger partial charge >= 0.3 is 0 Å². The average molecular weight is 284 g/mol. The molecule has 0 saturated heterocycles. The molecule has 4 nitrogen and oxygen atoms in total. The lowest BCUT2D eigenvalue weighted by Gasteiger charge is -2.21. The van der Waals surface area contributed by atoms with E-state index in [1.807, 2.05) is 24.3 Å². The highest BCUT2D eigenvalue weighted by molar-refractivity contribution is 5.58. The molecule has 0 radical (unpaired) electrons. The molecule has 21 heavy (non-hydrogen) atoms. The van der Waals surface area contributed by atoms with E-state index in [1.54, 1.807) is 0 Å². The molecular formula is C17H24N4. The van der Waals surface area contributed by atoms with Crippen molar-refractivity contribution in [1.29, 1.82) is 0 Å². The summed E-state index contributed by atoms with van der Waals surface area (Å²) in [5.41, 5.74) is 3.38. The predicted octanol–water partition coefficient (Wildman–Crippen LogP) is 3.44. The second-order valence-electron chi connectivity index (χ2n) is 6.37. The fraction of sp³-hybridized carbons (Fsp3) is 0.412. The Hall–Kier alpha value is -1.94. The van der Waals surface area contributed by atoms with Gasteiger partial charge in [0.2, 0.25) is 0 Å². The molecule has 1 N–H and O–H groups in total. The van der Waals surface area contributed by atoms with Gasteiger partial charge in [-0.15, -0.1) is 0 Å². The number of benzene rings is 1. The van der Waals surface area contributed by atoms with Crippen LogP contribution in [0, 0.1) is 6.92 Å². The summed E-state index contributed by atoms with van der Waals surface area (Å²) in [6.07, 6.45) is 3.66. The van der Waals surface area contributed by atoms with E-state index in [0.29, 0.717) is 0 Å². The Kier molecular flexibility index (Phi) is 4.58. The van der Waals surface area contributed by atoms with Gasteiger partial charge in [0.15, 0.2) is 5.82 Å². The third-order valence-corrected chi connectivity index (χ3v) is 3.22. The molecule has 4 heteroatoms. The molecule has 0 fully saturated rings. The molecule has 0 aliphatic rings. The van der Waals surface area contributed by atoms with E-state index in [9.17, 15) is 0 Å². The van der Waals surface area contributed by atoms with Crippen molar-refractivity contribution < 1.29 is 0 Å². The molecule has 112 valence electrons. The van der Waals surface area contributed by atoms with Crippen LogP contribution in [-0.4, -0.2) is 22.6 Å². The summed E-state index contributed by atoms with van der Waals surface area (Å²) < 4.78 is 0. The minimum atomic E-state index is 0.0821. The Morgan fingerprint density at radius 3 is 2.48 bits per heavy atom. The zero-order valence-corrected chi connectivity index (χ0v) is 13.5. The van der Waals surface area contributed by atoms with Crippen molar-refractivity contribution in [2.45, 2.75) is 39.8 Å². The Balaban J connectivity index is 2.08. The monoisotopic (exact) mass is 284 g/mol. The van der Waals surface area contributed by atoms with Gasteiger partial charge in [-0.05, 0) is 45.4 Å². The standard InChI is InChI=1S/C17H24N4/c1-13-7-6-8-15(9-13)21(5)16-12-18-14(10-19-16)11-20-17(2,3)4/h6-10,12,20H,11H2,1-5H3. The molecule has 2 rings (SSSR count). The van der Waals surface area contributed by atoms with Crippen molar-refractivity contribution in [3.8, 4) is 0 Å². The van der Waals surface area contributed by atoms with Crippen LogP contribution in [0.3, 0.4) is 0 Å². The van der Waals surface area contributed by atoms with Gasteiger partial charge in [-0.1, -0.05) is 12.1 Å². The smallest absolute Gasteiger partial charge is 0.151 e. The first-order valence-electron chi connectivity index (χ1n) is 7.21. The summed E-state index contributed by atoms with van der Waals surface area (Å²) in [6, 6.07) is 8.35. The van der Waals surface area contributed by atoms with Gasteiger partial charge in [-0.3, -0.25) is 4.98 Å². The maximum Gasteiger partial charge on any atom is 0.151 e. The van der Waals surface area contributed by atoms with Gasteiger partial charge in [0.1, 0.15) is 0 Å². The second-order valence-corrected chi connectivity index (χ2v) is 6.37. The van der Waals surface area contributed by atoms with Crippen LogP contribution in [0.2, 0.25) is 0 Å². The molecule has 0 atom stereocenters. The third kappa shape index (κ3) is 4.53. The molecule has 0 saturated carbocycles. The fourth-order valence-electron chi connectivity index (χ4n) is 1.94. The maximum atomic E-state index is 4.51. The lowest BCUT2D eigenvalue weighted by Crippen LogP contribution is -2.35. The number of aryl methyl sites for hydroxylation is 1. The Morgan fingerprint density at radius 2 is 1.90 bits per heavy atom. The van der Waals surface area contributed by atoms with Gasteiger partial charge in [0.25, 0.3) is 0 Å². The van der Waals surface area contributed by atoms with Gasteiger partial charge in [-0.2, -0.15) is 0 Å². The first-order chi connectivity index (χ1) is 9.85. The Bertz CT molecular complexity index is 584. The third-order valence-electron chi connectivity index (χ3n) is 3.22. The van der Waals surface area contributed by atoms with Crippen LogP contribution in [0.5, 0.6) is 0 Å². The van der Waals surface area contributed by atoms with E-state index in [-0.39, 0.29) is 5.54 Å². The second kappa shape index (κ2) is 6.22. The molecule has 1 heterocycles. The van der Waals surface area contributed by atoms with Crippen molar-refractivity contribution in [1.82, 2.24) is 15.3 Å². The number of rotatable bonds is 4. The SMILES string of the molecule is Cc1cccc(N(C)c2cnc(CNC(C)(C)C)cn2)c1. The van der Waals surface area contributed by atoms with Gasteiger partial charge in [0, 0.05) is 24.8 Å². The van der Waals surface area contributed by atoms with E-state index in [1.165, 1.54) is 5.56 Å². The molecule has 1 aromatic carbocycles. The van der Waals surface area contributed by atoms with Gasteiger partial charge in [0.05, 0.1) is 18.1 Å². The molecule has 1 aromatic heterocycles. The summed E-state index contributed by atoms with van der Waals surface area (Å²) in [6.45, 7) is 9.23. The maximum absolute atomic E-state index is 4.51. The topological polar surface area (TPSA) is 41.1 Å². The Labute approximate surface area is 127 Å². The van der Waals surface area contributed by atoms with Gasteiger partial charge < -0.3 is 10.2 Å². The zero-order valence-electron chi connectivity index (χ0n) is 13.5. The summed E-state index contributed by atoms with van der Waals surface area (Å²) in [7, 11) is 2.01. The highest BCUT2D eigenvalue weighted by atomic mass is 15.2. The molecule has 0 spiro atoms. The minimum Gasteiger partial charge on any atom is -0.328 e. The largest absolute Gasteiger partial charge is 0.328 e. The number of anilines is 2. The van der Waals surface area contributed by atoms with E-state index >= 15 is 0 Å². The van der Waals surface area contributed by atoms with Crippen LogP contribution < -0.4 is 10.2 Å².